The number of carbonyl (C=O) groups excluding carboxylic acids is 2. The monoisotopic (exact) mass is 342 g/mol. The minimum atomic E-state index is -0.473. The van der Waals surface area contributed by atoms with Gasteiger partial charge in [-0.25, -0.2) is 4.79 Å². The van der Waals surface area contributed by atoms with Gasteiger partial charge in [0, 0.05) is 22.1 Å². The maximum atomic E-state index is 12.6. The van der Waals surface area contributed by atoms with Gasteiger partial charge in [-0.2, -0.15) is 0 Å². The highest BCUT2D eigenvalue weighted by Crippen LogP contribution is 2.24. The summed E-state index contributed by atoms with van der Waals surface area (Å²) in [6, 6.07) is 12.0. The topological polar surface area (TPSA) is 71.2 Å². The number of benzene rings is 2. The van der Waals surface area contributed by atoms with E-state index in [-0.39, 0.29) is 12.5 Å². The van der Waals surface area contributed by atoms with Gasteiger partial charge < -0.3 is 15.0 Å². The number of aromatic nitrogens is 1. The number of carbonyl (C=O) groups is 2. The molecule has 0 unspecified atom stereocenters. The number of aromatic amines is 1. The van der Waals surface area contributed by atoms with Gasteiger partial charge in [0.2, 0.25) is 0 Å². The fraction of sp³-hybridized carbons (Fsp3) is 0.111. The van der Waals surface area contributed by atoms with E-state index in [0.717, 1.165) is 10.9 Å². The van der Waals surface area contributed by atoms with Crippen LogP contribution < -0.4 is 5.32 Å². The molecular weight excluding hydrogens is 328 g/mol. The number of ether oxygens (including phenoxy) is 1. The van der Waals surface area contributed by atoms with E-state index >= 15 is 0 Å². The molecule has 1 aromatic heterocycles. The number of amides is 1. The highest BCUT2D eigenvalue weighted by atomic mass is 35.5. The van der Waals surface area contributed by atoms with Gasteiger partial charge in [-0.3, -0.25) is 4.79 Å². The van der Waals surface area contributed by atoms with Crippen LogP contribution in [-0.2, 0) is 4.74 Å². The lowest BCUT2D eigenvalue weighted by atomic mass is 10.1. The van der Waals surface area contributed by atoms with Crippen molar-refractivity contribution in [2.75, 3.05) is 11.9 Å². The number of hydrogen-bond acceptors (Lipinski definition) is 3. The van der Waals surface area contributed by atoms with Crippen LogP contribution >= 0.6 is 11.6 Å². The average molecular weight is 343 g/mol. The minimum absolute atomic E-state index is 0.268. The maximum Gasteiger partial charge on any atom is 0.340 e. The average Bonchev–Trinajstić information content (AvgIpc) is 2.98. The fourth-order valence-electron chi connectivity index (χ4n) is 2.45. The van der Waals surface area contributed by atoms with Gasteiger partial charge in [0.05, 0.1) is 23.4 Å². The van der Waals surface area contributed by atoms with Crippen molar-refractivity contribution in [2.24, 2.45) is 0 Å². The molecule has 0 aliphatic heterocycles. The number of para-hydroxylation sites is 1. The lowest BCUT2D eigenvalue weighted by molar-refractivity contribution is 0.0527. The largest absolute Gasteiger partial charge is 0.462 e. The van der Waals surface area contributed by atoms with Crippen molar-refractivity contribution < 1.29 is 14.3 Å². The number of rotatable bonds is 4. The van der Waals surface area contributed by atoms with Crippen LogP contribution in [-0.4, -0.2) is 23.5 Å². The van der Waals surface area contributed by atoms with Gasteiger partial charge in [0.1, 0.15) is 0 Å². The number of hydrogen-bond donors (Lipinski definition) is 2. The molecule has 6 heteroatoms. The molecule has 3 rings (SSSR count). The van der Waals surface area contributed by atoms with Crippen LogP contribution in [0.4, 0.5) is 5.69 Å². The van der Waals surface area contributed by atoms with E-state index in [1.165, 1.54) is 0 Å². The molecule has 24 heavy (non-hydrogen) atoms. The van der Waals surface area contributed by atoms with Crippen molar-refractivity contribution in [1.29, 1.82) is 0 Å². The number of anilines is 1. The van der Waals surface area contributed by atoms with E-state index in [1.807, 2.05) is 0 Å². The van der Waals surface area contributed by atoms with Crippen LogP contribution in [0.3, 0.4) is 0 Å². The first-order valence-corrected chi connectivity index (χ1v) is 7.82. The van der Waals surface area contributed by atoms with E-state index in [1.54, 1.807) is 55.6 Å². The molecule has 1 heterocycles. The van der Waals surface area contributed by atoms with Crippen LogP contribution in [0.2, 0.25) is 5.02 Å². The second-order valence-electron chi connectivity index (χ2n) is 5.11. The summed E-state index contributed by atoms with van der Waals surface area (Å²) in [5.41, 5.74) is 1.96. The quantitative estimate of drug-likeness (QED) is 0.696. The van der Waals surface area contributed by atoms with E-state index < -0.39 is 5.97 Å². The fourth-order valence-corrected chi connectivity index (χ4v) is 2.63. The summed E-state index contributed by atoms with van der Waals surface area (Å²) in [7, 11) is 0. The molecule has 2 aromatic carbocycles. The van der Waals surface area contributed by atoms with E-state index in [2.05, 4.69) is 10.3 Å². The smallest absolute Gasteiger partial charge is 0.340 e. The number of fused-ring (bicyclic) bond motifs is 1. The molecule has 0 saturated carbocycles. The lowest BCUT2D eigenvalue weighted by Gasteiger charge is -2.10. The maximum absolute atomic E-state index is 12.6. The zero-order chi connectivity index (χ0) is 17.1. The SMILES string of the molecule is CCOC(=O)c1ccccc1NC(=O)c1c[nH]c2cc(Cl)ccc12. The molecule has 0 saturated heterocycles. The molecule has 1 amide bonds. The third-order valence-corrected chi connectivity index (χ3v) is 3.79. The Kier molecular flexibility index (Phi) is 4.53. The van der Waals surface area contributed by atoms with Gasteiger partial charge in [0.15, 0.2) is 0 Å². The van der Waals surface area contributed by atoms with E-state index in [0.29, 0.717) is 21.8 Å². The third-order valence-electron chi connectivity index (χ3n) is 3.56. The van der Waals surface area contributed by atoms with Crippen molar-refractivity contribution in [3.63, 3.8) is 0 Å². The van der Waals surface area contributed by atoms with Crippen LogP contribution in [0.5, 0.6) is 0 Å². The molecule has 2 N–H and O–H groups in total. The van der Waals surface area contributed by atoms with Crippen LogP contribution in [0.1, 0.15) is 27.6 Å². The number of H-pyrrole nitrogens is 1. The summed E-state index contributed by atoms with van der Waals surface area (Å²) < 4.78 is 5.01. The molecule has 0 aliphatic rings. The van der Waals surface area contributed by atoms with Gasteiger partial charge in [0.25, 0.3) is 5.91 Å². The normalized spacial score (nSPS) is 10.6. The Balaban J connectivity index is 1.91. The van der Waals surface area contributed by atoms with Crippen molar-refractivity contribution >= 4 is 40.1 Å². The molecule has 0 radical (unpaired) electrons. The van der Waals surface area contributed by atoms with E-state index in [4.69, 9.17) is 16.3 Å². The number of esters is 1. The first-order chi connectivity index (χ1) is 11.6. The standard InChI is InChI=1S/C18H15ClN2O3/c1-2-24-18(23)13-5-3-4-6-15(13)21-17(22)14-10-20-16-9-11(19)7-8-12(14)16/h3-10,20H,2H2,1H3,(H,21,22). The molecule has 0 fully saturated rings. The van der Waals surface area contributed by atoms with Crippen molar-refractivity contribution in [2.45, 2.75) is 6.92 Å². The molecule has 3 aromatic rings. The Hall–Kier alpha value is -2.79. The highest BCUT2D eigenvalue weighted by Gasteiger charge is 2.17. The first kappa shape index (κ1) is 16.1. The summed E-state index contributed by atoms with van der Waals surface area (Å²) >= 11 is 5.95. The van der Waals surface area contributed by atoms with Gasteiger partial charge >= 0.3 is 5.97 Å². The van der Waals surface area contributed by atoms with Crippen LogP contribution in [0.15, 0.2) is 48.7 Å². The van der Waals surface area contributed by atoms with Crippen molar-refractivity contribution in [3.8, 4) is 0 Å². The highest BCUT2D eigenvalue weighted by molar-refractivity contribution is 6.31. The van der Waals surface area contributed by atoms with Gasteiger partial charge in [-0.15, -0.1) is 0 Å². The Bertz CT molecular complexity index is 918. The van der Waals surface area contributed by atoms with Gasteiger partial charge in [-0.1, -0.05) is 29.8 Å². The zero-order valence-electron chi connectivity index (χ0n) is 12.9. The Morgan fingerprint density at radius 1 is 1.17 bits per heavy atom. The number of nitrogens with one attached hydrogen (secondary N) is 2. The van der Waals surface area contributed by atoms with Crippen molar-refractivity contribution in [3.05, 3.63) is 64.8 Å². The number of halogens is 1. The van der Waals surface area contributed by atoms with Crippen molar-refractivity contribution in [1.82, 2.24) is 4.98 Å². The predicted molar refractivity (Wildman–Crippen MR) is 93.7 cm³/mol. The predicted octanol–water partition coefficient (Wildman–Crippen LogP) is 4.25. The van der Waals surface area contributed by atoms with Crippen LogP contribution in [0.25, 0.3) is 10.9 Å². The molecule has 122 valence electrons. The zero-order valence-corrected chi connectivity index (χ0v) is 13.7. The Morgan fingerprint density at radius 2 is 1.96 bits per heavy atom. The summed E-state index contributed by atoms with van der Waals surface area (Å²) in [5, 5.41) is 4.11. The summed E-state index contributed by atoms with van der Waals surface area (Å²) in [6.07, 6.45) is 1.61. The summed E-state index contributed by atoms with van der Waals surface area (Å²) in [6.45, 7) is 2.00. The second-order valence-corrected chi connectivity index (χ2v) is 5.55. The lowest BCUT2D eigenvalue weighted by Crippen LogP contribution is -2.15. The first-order valence-electron chi connectivity index (χ1n) is 7.44. The van der Waals surface area contributed by atoms with Gasteiger partial charge in [-0.05, 0) is 31.2 Å². The van der Waals surface area contributed by atoms with Crippen LogP contribution in [0, 0.1) is 0 Å². The molecule has 5 nitrogen and oxygen atoms in total. The Morgan fingerprint density at radius 3 is 2.75 bits per heavy atom. The minimum Gasteiger partial charge on any atom is -0.462 e. The molecule has 0 aliphatic carbocycles. The second kappa shape index (κ2) is 6.76. The molecule has 0 bridgehead atoms. The Labute approximate surface area is 143 Å². The molecular formula is C18H15ClN2O3. The third kappa shape index (κ3) is 3.12. The molecule has 0 atom stereocenters. The summed E-state index contributed by atoms with van der Waals surface area (Å²) in [4.78, 5) is 27.6. The summed E-state index contributed by atoms with van der Waals surface area (Å²) in [5.74, 6) is -0.792. The van der Waals surface area contributed by atoms with E-state index in [9.17, 15) is 9.59 Å². The molecule has 0 spiro atoms.